The summed E-state index contributed by atoms with van der Waals surface area (Å²) in [5, 5.41) is 4.64. The second-order valence-electron chi connectivity index (χ2n) is 5.82. The van der Waals surface area contributed by atoms with Gasteiger partial charge in [0.05, 0.1) is 5.69 Å². The third-order valence-electron chi connectivity index (χ3n) is 3.07. The summed E-state index contributed by atoms with van der Waals surface area (Å²) in [6.45, 7) is 8.20. The molecule has 0 saturated carbocycles. The Kier molecular flexibility index (Phi) is 7.08. The number of nitrogens with zero attached hydrogens (tertiary/aromatic N) is 3. The van der Waals surface area contributed by atoms with E-state index in [1.807, 2.05) is 13.8 Å². The Balaban J connectivity index is 2.96. The summed E-state index contributed by atoms with van der Waals surface area (Å²) in [5.74, 6) is -0.436. The van der Waals surface area contributed by atoms with E-state index in [4.69, 9.17) is 11.6 Å². The van der Waals surface area contributed by atoms with E-state index in [1.54, 1.807) is 11.6 Å². The lowest BCUT2D eigenvalue weighted by atomic mass is 10.2. The number of carbonyl (C=O) groups is 1. The fourth-order valence-corrected chi connectivity index (χ4v) is 2.39. The van der Waals surface area contributed by atoms with Gasteiger partial charge in [-0.2, -0.15) is 18.3 Å². The molecule has 134 valence electrons. The molecule has 0 saturated heterocycles. The normalized spacial score (nSPS) is 12.2. The number of amides is 1. The molecule has 0 N–H and O–H groups in total. The number of hydrogen-bond acceptors (Lipinski definition) is 2. The van der Waals surface area contributed by atoms with Crippen LogP contribution in [0.15, 0.2) is 18.7 Å². The van der Waals surface area contributed by atoms with Crippen molar-refractivity contribution in [3.8, 4) is 0 Å². The molecule has 0 radical (unpaired) electrons. The number of halogens is 4. The van der Waals surface area contributed by atoms with Gasteiger partial charge in [-0.3, -0.25) is 9.48 Å². The first-order valence-electron chi connectivity index (χ1n) is 7.42. The molecule has 0 spiro atoms. The zero-order chi connectivity index (χ0) is 18.5. The van der Waals surface area contributed by atoms with Gasteiger partial charge in [0.15, 0.2) is 0 Å². The summed E-state index contributed by atoms with van der Waals surface area (Å²) in [6, 6.07) is 0. The molecule has 0 bridgehead atoms. The standard InChI is InChI=1S/C16H21ClF3N3O/c1-5-8-22(10-16(18,19)20)14(24)7-6-13-12(4)21-23(15(13)17)9-11(2)3/h5-7,11H,1,8-10H2,2-4H3/b7-6+. The van der Waals surface area contributed by atoms with Gasteiger partial charge in [-0.1, -0.05) is 31.5 Å². The molecule has 1 heterocycles. The Bertz CT molecular complexity index is 621. The van der Waals surface area contributed by atoms with E-state index in [-0.39, 0.29) is 6.54 Å². The van der Waals surface area contributed by atoms with Gasteiger partial charge in [0.2, 0.25) is 5.91 Å². The highest BCUT2D eigenvalue weighted by atomic mass is 35.5. The minimum absolute atomic E-state index is 0.192. The summed E-state index contributed by atoms with van der Waals surface area (Å²) in [6.07, 6.45) is -0.750. The van der Waals surface area contributed by atoms with Gasteiger partial charge < -0.3 is 4.90 Å². The molecule has 8 heteroatoms. The van der Waals surface area contributed by atoms with E-state index in [2.05, 4.69) is 11.7 Å². The average Bonchev–Trinajstić information content (AvgIpc) is 2.68. The Hall–Kier alpha value is -1.76. The van der Waals surface area contributed by atoms with Crippen LogP contribution in [0.1, 0.15) is 25.1 Å². The highest BCUT2D eigenvalue weighted by molar-refractivity contribution is 6.31. The summed E-state index contributed by atoms with van der Waals surface area (Å²) >= 11 is 6.23. The molecule has 1 rings (SSSR count). The van der Waals surface area contributed by atoms with Crippen LogP contribution >= 0.6 is 11.6 Å². The minimum atomic E-state index is -4.47. The Morgan fingerprint density at radius 3 is 2.58 bits per heavy atom. The van der Waals surface area contributed by atoms with Crippen LogP contribution in [0.3, 0.4) is 0 Å². The Morgan fingerprint density at radius 1 is 1.46 bits per heavy atom. The molecule has 0 aliphatic heterocycles. The predicted octanol–water partition coefficient (Wildman–Crippen LogP) is 4.09. The van der Waals surface area contributed by atoms with E-state index in [1.165, 1.54) is 12.2 Å². The first-order chi connectivity index (χ1) is 11.0. The number of aryl methyl sites for hydroxylation is 1. The zero-order valence-corrected chi connectivity index (χ0v) is 14.7. The molecular formula is C16H21ClF3N3O. The second-order valence-corrected chi connectivity index (χ2v) is 6.18. The van der Waals surface area contributed by atoms with Crippen molar-refractivity contribution in [1.82, 2.24) is 14.7 Å². The third kappa shape index (κ3) is 6.03. The monoisotopic (exact) mass is 363 g/mol. The number of alkyl halides is 3. The largest absolute Gasteiger partial charge is 0.406 e. The number of hydrogen-bond donors (Lipinski definition) is 0. The van der Waals surface area contributed by atoms with Crippen molar-refractivity contribution in [2.75, 3.05) is 13.1 Å². The molecule has 24 heavy (non-hydrogen) atoms. The van der Waals surface area contributed by atoms with Crippen molar-refractivity contribution in [3.05, 3.63) is 35.1 Å². The quantitative estimate of drug-likeness (QED) is 0.540. The second kappa shape index (κ2) is 8.37. The molecule has 0 atom stereocenters. The SMILES string of the molecule is C=CCN(CC(F)(F)F)C(=O)/C=C/c1c(C)nn(CC(C)C)c1Cl. The molecule has 1 amide bonds. The molecule has 0 aromatic carbocycles. The van der Waals surface area contributed by atoms with Crippen molar-refractivity contribution in [2.24, 2.45) is 5.92 Å². The molecular weight excluding hydrogens is 343 g/mol. The van der Waals surface area contributed by atoms with Crippen LogP contribution in [0.5, 0.6) is 0 Å². The van der Waals surface area contributed by atoms with Crippen molar-refractivity contribution in [3.63, 3.8) is 0 Å². The molecule has 0 fully saturated rings. The topological polar surface area (TPSA) is 38.1 Å². The number of aromatic nitrogens is 2. The molecule has 0 aliphatic carbocycles. The molecule has 4 nitrogen and oxygen atoms in total. The fraction of sp³-hybridized carbons (Fsp3) is 0.500. The predicted molar refractivity (Wildman–Crippen MR) is 88.7 cm³/mol. The van der Waals surface area contributed by atoms with Crippen molar-refractivity contribution >= 4 is 23.6 Å². The fourth-order valence-electron chi connectivity index (χ4n) is 2.09. The van der Waals surface area contributed by atoms with Crippen LogP contribution in [0.25, 0.3) is 6.08 Å². The minimum Gasteiger partial charge on any atom is -0.326 e. The van der Waals surface area contributed by atoms with Crippen LogP contribution in [-0.4, -0.2) is 39.9 Å². The summed E-state index contributed by atoms with van der Waals surface area (Å²) in [7, 11) is 0. The Morgan fingerprint density at radius 2 is 2.08 bits per heavy atom. The highest BCUT2D eigenvalue weighted by Gasteiger charge is 2.31. The van der Waals surface area contributed by atoms with Crippen LogP contribution in [0.4, 0.5) is 13.2 Å². The van der Waals surface area contributed by atoms with E-state index >= 15 is 0 Å². The summed E-state index contributed by atoms with van der Waals surface area (Å²) in [5.41, 5.74) is 1.13. The van der Waals surface area contributed by atoms with Crippen LogP contribution in [0.2, 0.25) is 5.15 Å². The Labute approximate surface area is 144 Å². The lowest BCUT2D eigenvalue weighted by Crippen LogP contribution is -2.38. The van der Waals surface area contributed by atoms with Crippen molar-refractivity contribution in [2.45, 2.75) is 33.5 Å². The lowest BCUT2D eigenvalue weighted by Gasteiger charge is -2.20. The van der Waals surface area contributed by atoms with Gasteiger partial charge in [0, 0.05) is 24.7 Å². The smallest absolute Gasteiger partial charge is 0.326 e. The van der Waals surface area contributed by atoms with Gasteiger partial charge in [-0.15, -0.1) is 6.58 Å². The van der Waals surface area contributed by atoms with E-state index in [0.29, 0.717) is 33.8 Å². The van der Waals surface area contributed by atoms with Crippen molar-refractivity contribution < 1.29 is 18.0 Å². The maximum Gasteiger partial charge on any atom is 0.406 e. The van der Waals surface area contributed by atoms with E-state index in [0.717, 1.165) is 6.08 Å². The van der Waals surface area contributed by atoms with Crippen LogP contribution in [-0.2, 0) is 11.3 Å². The van der Waals surface area contributed by atoms with Crippen LogP contribution < -0.4 is 0 Å². The molecule has 0 aliphatic rings. The maximum absolute atomic E-state index is 12.5. The average molecular weight is 364 g/mol. The number of rotatable bonds is 7. The van der Waals surface area contributed by atoms with Gasteiger partial charge in [-0.25, -0.2) is 0 Å². The van der Waals surface area contributed by atoms with Gasteiger partial charge >= 0.3 is 6.18 Å². The van der Waals surface area contributed by atoms with Gasteiger partial charge in [0.1, 0.15) is 11.7 Å². The maximum atomic E-state index is 12.5. The van der Waals surface area contributed by atoms with Crippen LogP contribution in [0, 0.1) is 12.8 Å². The lowest BCUT2D eigenvalue weighted by molar-refractivity contribution is -0.157. The van der Waals surface area contributed by atoms with E-state index in [9.17, 15) is 18.0 Å². The molecule has 1 aromatic rings. The van der Waals surface area contributed by atoms with E-state index < -0.39 is 18.6 Å². The van der Waals surface area contributed by atoms with Crippen molar-refractivity contribution in [1.29, 1.82) is 0 Å². The van der Waals surface area contributed by atoms with Gasteiger partial charge in [0.25, 0.3) is 0 Å². The molecule has 1 aromatic heterocycles. The van der Waals surface area contributed by atoms with Gasteiger partial charge in [-0.05, 0) is 18.9 Å². The summed E-state index contributed by atoms with van der Waals surface area (Å²) < 4.78 is 39.2. The summed E-state index contributed by atoms with van der Waals surface area (Å²) in [4.78, 5) is 12.7. The number of carbonyl (C=O) groups excluding carboxylic acids is 1. The first-order valence-corrected chi connectivity index (χ1v) is 7.80. The molecule has 0 unspecified atom stereocenters. The highest BCUT2D eigenvalue weighted by Crippen LogP contribution is 2.23. The zero-order valence-electron chi connectivity index (χ0n) is 13.9. The first kappa shape index (κ1) is 20.3. The third-order valence-corrected chi connectivity index (χ3v) is 3.47.